The number of hydrogen-bond acceptors (Lipinski definition) is 4. The Morgan fingerprint density at radius 1 is 1.04 bits per heavy atom. The van der Waals surface area contributed by atoms with Gasteiger partial charge in [-0.05, 0) is 37.1 Å². The molecule has 1 aromatic rings. The average molecular weight is 367 g/mol. The summed E-state index contributed by atoms with van der Waals surface area (Å²) in [5.74, 6) is -0.463. The maximum atomic E-state index is 12.2. The van der Waals surface area contributed by atoms with E-state index in [2.05, 4.69) is 15.4 Å². The second-order valence-electron chi connectivity index (χ2n) is 6.15. The van der Waals surface area contributed by atoms with E-state index in [9.17, 15) is 18.0 Å². The molecule has 0 radical (unpaired) electrons. The van der Waals surface area contributed by atoms with Crippen LogP contribution in [0, 0.1) is 0 Å². The summed E-state index contributed by atoms with van der Waals surface area (Å²) >= 11 is 0. The normalized spacial score (nSPS) is 15.6. The van der Waals surface area contributed by atoms with Gasteiger partial charge in [0.15, 0.2) is 0 Å². The monoisotopic (exact) mass is 367 g/mol. The molecule has 3 N–H and O–H groups in total. The quantitative estimate of drug-likeness (QED) is 0.683. The number of hydrogen-bond donors (Lipinski definition) is 3. The van der Waals surface area contributed by atoms with Gasteiger partial charge in [0, 0.05) is 18.2 Å². The third kappa shape index (κ3) is 6.13. The van der Waals surface area contributed by atoms with Gasteiger partial charge in [-0.1, -0.05) is 26.2 Å². The topological polar surface area (TPSA) is 104 Å². The zero-order valence-electron chi connectivity index (χ0n) is 14.4. The number of carbonyl (C=O) groups is 2. The van der Waals surface area contributed by atoms with Gasteiger partial charge in [0.2, 0.25) is 21.8 Å². The van der Waals surface area contributed by atoms with Crippen LogP contribution in [0.1, 0.15) is 45.4 Å². The molecular formula is C17H25N3O4S. The summed E-state index contributed by atoms with van der Waals surface area (Å²) in [6, 6.07) is 5.97. The lowest BCUT2D eigenvalue weighted by molar-refractivity contribution is -0.121. The van der Waals surface area contributed by atoms with Crippen LogP contribution in [0.25, 0.3) is 0 Å². The zero-order chi connectivity index (χ0) is 18.3. The van der Waals surface area contributed by atoms with Crippen molar-refractivity contribution in [1.29, 1.82) is 0 Å². The highest BCUT2D eigenvalue weighted by Gasteiger charge is 2.19. The molecule has 2 rings (SSSR count). The molecule has 0 aromatic heterocycles. The predicted octanol–water partition coefficient (Wildman–Crippen LogP) is 1.76. The molecule has 2 amide bonds. The number of nitrogens with one attached hydrogen (secondary N) is 3. The van der Waals surface area contributed by atoms with E-state index in [1.807, 2.05) is 0 Å². The van der Waals surface area contributed by atoms with Gasteiger partial charge in [0.25, 0.3) is 0 Å². The number of benzene rings is 1. The Balaban J connectivity index is 1.87. The smallest absolute Gasteiger partial charge is 0.241 e. The Morgan fingerprint density at radius 2 is 1.68 bits per heavy atom. The van der Waals surface area contributed by atoms with Crippen molar-refractivity contribution in [2.24, 2.45) is 0 Å². The van der Waals surface area contributed by atoms with Crippen LogP contribution in [-0.4, -0.2) is 32.8 Å². The first-order valence-corrected chi connectivity index (χ1v) is 10.1. The Kier molecular flexibility index (Phi) is 6.95. The summed E-state index contributed by atoms with van der Waals surface area (Å²) in [7, 11) is -3.77. The average Bonchev–Trinajstić information content (AvgIpc) is 2.61. The lowest BCUT2D eigenvalue weighted by Crippen LogP contribution is -2.42. The van der Waals surface area contributed by atoms with Crippen LogP contribution >= 0.6 is 0 Å². The molecule has 0 aliphatic heterocycles. The molecule has 8 heteroatoms. The standard InChI is InChI=1S/C17H25N3O4S/c1-2-16(21)19-14-8-10-15(11-9-14)25(23,24)18-12-17(22)20-13-6-4-3-5-7-13/h8-11,13,18H,2-7,12H2,1H3,(H,19,21)(H,20,22). The SMILES string of the molecule is CCC(=O)Nc1ccc(S(=O)(=O)NCC(=O)NC2CCCCC2)cc1. The Morgan fingerprint density at radius 3 is 2.28 bits per heavy atom. The molecule has 0 heterocycles. The van der Waals surface area contributed by atoms with Crippen molar-refractivity contribution >= 4 is 27.5 Å². The van der Waals surface area contributed by atoms with Crippen LogP contribution in [0.2, 0.25) is 0 Å². The number of rotatable bonds is 7. The highest BCUT2D eigenvalue weighted by molar-refractivity contribution is 7.89. The number of sulfonamides is 1. The van der Waals surface area contributed by atoms with Crippen molar-refractivity contribution in [1.82, 2.24) is 10.0 Å². The van der Waals surface area contributed by atoms with Gasteiger partial charge in [-0.15, -0.1) is 0 Å². The third-order valence-corrected chi connectivity index (χ3v) is 5.58. The van der Waals surface area contributed by atoms with Gasteiger partial charge < -0.3 is 10.6 Å². The molecule has 138 valence electrons. The summed E-state index contributed by atoms with van der Waals surface area (Å²) in [6.45, 7) is 1.45. The molecular weight excluding hydrogens is 342 g/mol. The summed E-state index contributed by atoms with van der Waals surface area (Å²) < 4.78 is 26.8. The lowest BCUT2D eigenvalue weighted by Gasteiger charge is -2.22. The molecule has 25 heavy (non-hydrogen) atoms. The zero-order valence-corrected chi connectivity index (χ0v) is 15.2. The Hall–Kier alpha value is -1.93. The molecule has 1 aromatic carbocycles. The van der Waals surface area contributed by atoms with E-state index in [-0.39, 0.29) is 29.3 Å². The van der Waals surface area contributed by atoms with Crippen molar-refractivity contribution in [2.45, 2.75) is 56.4 Å². The minimum absolute atomic E-state index is 0.0486. The maximum absolute atomic E-state index is 12.2. The van der Waals surface area contributed by atoms with Crippen LogP contribution in [0.4, 0.5) is 5.69 Å². The fraction of sp³-hybridized carbons (Fsp3) is 0.529. The minimum Gasteiger partial charge on any atom is -0.352 e. The van der Waals surface area contributed by atoms with E-state index in [0.717, 1.165) is 25.7 Å². The molecule has 1 aliphatic rings. The van der Waals surface area contributed by atoms with Crippen LogP contribution < -0.4 is 15.4 Å². The maximum Gasteiger partial charge on any atom is 0.241 e. The lowest BCUT2D eigenvalue weighted by atomic mass is 9.95. The van der Waals surface area contributed by atoms with E-state index in [4.69, 9.17) is 0 Å². The highest BCUT2D eigenvalue weighted by Crippen LogP contribution is 2.17. The second kappa shape index (κ2) is 8.96. The molecule has 0 bridgehead atoms. The van der Waals surface area contributed by atoms with Crippen LogP contribution in [0.3, 0.4) is 0 Å². The van der Waals surface area contributed by atoms with Crippen molar-refractivity contribution in [3.63, 3.8) is 0 Å². The van der Waals surface area contributed by atoms with Gasteiger partial charge in [0.05, 0.1) is 11.4 Å². The molecule has 0 spiro atoms. The Bertz CT molecular complexity index is 695. The van der Waals surface area contributed by atoms with E-state index in [0.29, 0.717) is 12.1 Å². The molecule has 0 saturated heterocycles. The highest BCUT2D eigenvalue weighted by atomic mass is 32.2. The first-order chi connectivity index (χ1) is 11.9. The summed E-state index contributed by atoms with van der Waals surface area (Å²) in [6.07, 6.45) is 5.62. The van der Waals surface area contributed by atoms with Crippen molar-refractivity contribution in [3.8, 4) is 0 Å². The minimum atomic E-state index is -3.77. The van der Waals surface area contributed by atoms with E-state index < -0.39 is 10.0 Å². The van der Waals surface area contributed by atoms with Crippen molar-refractivity contribution in [2.75, 3.05) is 11.9 Å². The van der Waals surface area contributed by atoms with E-state index in [1.54, 1.807) is 6.92 Å². The third-order valence-electron chi connectivity index (χ3n) is 4.16. The number of anilines is 1. The Labute approximate surface area is 148 Å². The van der Waals surface area contributed by atoms with Gasteiger partial charge in [-0.3, -0.25) is 9.59 Å². The second-order valence-corrected chi connectivity index (χ2v) is 7.92. The van der Waals surface area contributed by atoms with Crippen LogP contribution in [-0.2, 0) is 19.6 Å². The molecule has 1 aliphatic carbocycles. The first kappa shape index (κ1) is 19.4. The number of carbonyl (C=O) groups excluding carboxylic acids is 2. The van der Waals surface area contributed by atoms with E-state index in [1.165, 1.54) is 30.7 Å². The fourth-order valence-electron chi connectivity index (χ4n) is 2.74. The van der Waals surface area contributed by atoms with Gasteiger partial charge in [0.1, 0.15) is 0 Å². The summed E-state index contributed by atoms with van der Waals surface area (Å²) in [5, 5.41) is 5.51. The van der Waals surface area contributed by atoms with Crippen LogP contribution in [0.15, 0.2) is 29.2 Å². The molecule has 7 nitrogen and oxygen atoms in total. The summed E-state index contributed by atoms with van der Waals surface area (Å²) in [5.41, 5.74) is 0.529. The first-order valence-electron chi connectivity index (χ1n) is 8.59. The van der Waals surface area contributed by atoms with E-state index >= 15 is 0 Å². The molecule has 0 unspecified atom stereocenters. The summed E-state index contributed by atoms with van der Waals surface area (Å²) in [4.78, 5) is 23.3. The van der Waals surface area contributed by atoms with Gasteiger partial charge >= 0.3 is 0 Å². The molecule has 1 saturated carbocycles. The predicted molar refractivity (Wildman–Crippen MR) is 95.6 cm³/mol. The van der Waals surface area contributed by atoms with Gasteiger partial charge in [-0.25, -0.2) is 13.1 Å². The van der Waals surface area contributed by atoms with Crippen molar-refractivity contribution in [3.05, 3.63) is 24.3 Å². The largest absolute Gasteiger partial charge is 0.352 e. The van der Waals surface area contributed by atoms with Crippen LogP contribution in [0.5, 0.6) is 0 Å². The molecule has 0 atom stereocenters. The fourth-order valence-corrected chi connectivity index (χ4v) is 3.72. The van der Waals surface area contributed by atoms with Crippen molar-refractivity contribution < 1.29 is 18.0 Å². The molecule has 1 fully saturated rings. The number of amides is 2. The van der Waals surface area contributed by atoms with Gasteiger partial charge in [-0.2, -0.15) is 0 Å².